The largest absolute Gasteiger partial charge is 0.466 e. The van der Waals surface area contributed by atoms with Gasteiger partial charge in [0.05, 0.1) is 30.1 Å². The summed E-state index contributed by atoms with van der Waals surface area (Å²) in [4.78, 5) is 43.0. The molecule has 37 heavy (non-hydrogen) atoms. The van der Waals surface area contributed by atoms with Crippen molar-refractivity contribution in [2.24, 2.45) is 5.92 Å². The molecule has 9 nitrogen and oxygen atoms in total. The Balaban J connectivity index is 1.72. The Kier molecular flexibility index (Phi) is 8.72. The number of pyridine rings is 1. The summed E-state index contributed by atoms with van der Waals surface area (Å²) in [5.74, 6) is 0.0940. The van der Waals surface area contributed by atoms with Crippen molar-refractivity contribution >= 4 is 52.1 Å². The molecule has 0 aromatic carbocycles. The van der Waals surface area contributed by atoms with E-state index in [9.17, 15) is 19.6 Å². The summed E-state index contributed by atoms with van der Waals surface area (Å²) in [7, 11) is 0. The first kappa shape index (κ1) is 27.4. The molecule has 198 valence electrons. The summed E-state index contributed by atoms with van der Waals surface area (Å²) in [5, 5.41) is 9.78. The third-order valence-electron chi connectivity index (χ3n) is 7.14. The average Bonchev–Trinajstić information content (AvgIpc) is 3.50. The van der Waals surface area contributed by atoms with Gasteiger partial charge in [-0.25, -0.2) is 0 Å². The molecule has 0 saturated carbocycles. The number of esters is 1. The lowest BCUT2D eigenvalue weighted by Crippen LogP contribution is -2.41. The molecule has 11 heteroatoms. The van der Waals surface area contributed by atoms with Gasteiger partial charge in [-0.15, -0.1) is 0 Å². The maximum atomic E-state index is 13.4. The fourth-order valence-corrected chi connectivity index (χ4v) is 6.40. The summed E-state index contributed by atoms with van der Waals surface area (Å²) in [5.41, 5.74) is 0.899. The molecule has 1 amide bonds. The zero-order valence-corrected chi connectivity index (χ0v) is 23.1. The first-order chi connectivity index (χ1) is 17.8. The normalized spacial score (nSPS) is 21.7. The van der Waals surface area contributed by atoms with Crippen molar-refractivity contribution in [3.8, 4) is 6.07 Å². The van der Waals surface area contributed by atoms with Crippen LogP contribution in [0.25, 0.3) is 6.08 Å². The van der Waals surface area contributed by atoms with E-state index in [2.05, 4.69) is 11.0 Å². The monoisotopic (exact) mass is 544 g/mol. The van der Waals surface area contributed by atoms with Crippen LogP contribution in [0.15, 0.2) is 9.70 Å². The van der Waals surface area contributed by atoms with Crippen molar-refractivity contribution in [1.82, 2.24) is 9.47 Å². The molecule has 3 aliphatic rings. The molecule has 3 aliphatic heterocycles. The van der Waals surface area contributed by atoms with Crippen LogP contribution in [-0.4, -0.2) is 64.6 Å². The van der Waals surface area contributed by atoms with Crippen LogP contribution in [-0.2, 0) is 25.6 Å². The van der Waals surface area contributed by atoms with Crippen molar-refractivity contribution in [1.29, 1.82) is 5.26 Å². The number of aromatic nitrogens is 1. The molecule has 4 heterocycles. The number of ether oxygens (including phenoxy) is 2. The minimum Gasteiger partial charge on any atom is -0.466 e. The molecule has 4 rings (SSSR count). The highest BCUT2D eigenvalue weighted by atomic mass is 32.2. The van der Waals surface area contributed by atoms with Gasteiger partial charge in [-0.1, -0.05) is 24.0 Å². The van der Waals surface area contributed by atoms with E-state index in [1.54, 1.807) is 29.4 Å². The van der Waals surface area contributed by atoms with Crippen molar-refractivity contribution in [2.75, 3.05) is 37.7 Å². The molecule has 0 radical (unpaired) electrons. The van der Waals surface area contributed by atoms with Crippen LogP contribution in [0.2, 0.25) is 0 Å². The number of rotatable bonds is 7. The lowest BCUT2D eigenvalue weighted by molar-refractivity contribution is -0.148. The number of nitrogens with zero attached hydrogens (tertiary/aromatic N) is 4. The summed E-state index contributed by atoms with van der Waals surface area (Å²) in [6.45, 7) is 8.32. The number of carbonyl (C=O) groups excluding carboxylic acids is 2. The second-order valence-corrected chi connectivity index (χ2v) is 11.0. The van der Waals surface area contributed by atoms with E-state index in [4.69, 9.17) is 21.7 Å². The number of amides is 1. The minimum absolute atomic E-state index is 0.0213. The third-order valence-corrected chi connectivity index (χ3v) is 8.51. The van der Waals surface area contributed by atoms with Crippen molar-refractivity contribution in [3.05, 3.63) is 31.9 Å². The van der Waals surface area contributed by atoms with Gasteiger partial charge in [0.2, 0.25) is 0 Å². The van der Waals surface area contributed by atoms with Gasteiger partial charge in [-0.2, -0.15) is 5.26 Å². The molecule has 3 saturated heterocycles. The second-order valence-electron chi connectivity index (χ2n) is 9.34. The van der Waals surface area contributed by atoms with Gasteiger partial charge in [0.15, 0.2) is 0 Å². The Labute approximate surface area is 226 Å². The average molecular weight is 545 g/mol. The molecule has 0 aliphatic carbocycles. The summed E-state index contributed by atoms with van der Waals surface area (Å²) in [6.07, 6.45) is 4.81. The van der Waals surface area contributed by atoms with Gasteiger partial charge in [-0.3, -0.25) is 23.9 Å². The topological polar surface area (TPSA) is 105 Å². The van der Waals surface area contributed by atoms with Crippen LogP contribution in [0.3, 0.4) is 0 Å². The van der Waals surface area contributed by atoms with Crippen molar-refractivity contribution < 1.29 is 19.1 Å². The summed E-state index contributed by atoms with van der Waals surface area (Å²) >= 11 is 6.75. The maximum Gasteiger partial charge on any atom is 0.309 e. The smallest absolute Gasteiger partial charge is 0.309 e. The van der Waals surface area contributed by atoms with E-state index in [0.717, 1.165) is 12.8 Å². The molecule has 0 spiro atoms. The van der Waals surface area contributed by atoms with Crippen LogP contribution in [0.1, 0.15) is 56.2 Å². The fourth-order valence-electron chi connectivity index (χ4n) is 5.15. The maximum absolute atomic E-state index is 13.4. The zero-order chi connectivity index (χ0) is 26.7. The highest BCUT2D eigenvalue weighted by Gasteiger charge is 2.36. The van der Waals surface area contributed by atoms with E-state index < -0.39 is 0 Å². The number of thioether (sulfide) groups is 1. The Morgan fingerprint density at radius 1 is 1.27 bits per heavy atom. The third kappa shape index (κ3) is 5.47. The molecule has 3 fully saturated rings. The number of anilines is 1. The SMILES string of the molecule is CCOC(=O)C1CCN(c2c(/C=C3\SC(=S)N(CC4CCCO4)C3=O)c(C)c(C#N)c(=O)n2CC)CC1. The standard InChI is InChI=1S/C26H32N4O5S2/c1-4-29-22(28-10-8-17(9-11-28)25(33)34-5-2)19(16(3)20(14-27)23(29)31)13-21-24(32)30(26(36)37-21)15-18-7-6-12-35-18/h13,17-18H,4-12,15H2,1-3H3/b21-13-. The lowest BCUT2D eigenvalue weighted by atomic mass is 9.95. The quantitative estimate of drug-likeness (QED) is 0.291. The molecule has 0 bridgehead atoms. The fraction of sp³-hybridized carbons (Fsp3) is 0.577. The number of hydrogen-bond donors (Lipinski definition) is 0. The Hall–Kier alpha value is -2.68. The van der Waals surface area contributed by atoms with Crippen LogP contribution in [0, 0.1) is 24.2 Å². The number of thiocarbonyl (C=S) groups is 1. The van der Waals surface area contributed by atoms with Crippen LogP contribution < -0.4 is 10.5 Å². The molecule has 1 aromatic rings. The van der Waals surface area contributed by atoms with Gasteiger partial charge in [0.25, 0.3) is 11.5 Å². The van der Waals surface area contributed by atoms with E-state index in [-0.39, 0.29) is 35.0 Å². The van der Waals surface area contributed by atoms with Gasteiger partial charge < -0.3 is 14.4 Å². The van der Waals surface area contributed by atoms with E-state index >= 15 is 0 Å². The Bertz CT molecular complexity index is 1220. The summed E-state index contributed by atoms with van der Waals surface area (Å²) in [6, 6.07) is 2.06. The predicted octanol–water partition coefficient (Wildman–Crippen LogP) is 3.21. The van der Waals surface area contributed by atoms with E-state index in [0.29, 0.717) is 78.4 Å². The van der Waals surface area contributed by atoms with Gasteiger partial charge in [0.1, 0.15) is 21.8 Å². The van der Waals surface area contributed by atoms with Crippen LogP contribution in [0.5, 0.6) is 0 Å². The molecule has 1 atom stereocenters. The van der Waals surface area contributed by atoms with E-state index in [1.165, 1.54) is 11.8 Å². The van der Waals surface area contributed by atoms with Gasteiger partial charge >= 0.3 is 5.97 Å². The molecular weight excluding hydrogens is 512 g/mol. The number of carbonyl (C=O) groups is 2. The number of piperidine rings is 1. The lowest BCUT2D eigenvalue weighted by Gasteiger charge is -2.35. The minimum atomic E-state index is -0.354. The summed E-state index contributed by atoms with van der Waals surface area (Å²) < 4.78 is 13.0. The van der Waals surface area contributed by atoms with Gasteiger partial charge in [-0.05, 0) is 58.1 Å². The first-order valence-electron chi connectivity index (χ1n) is 12.8. The van der Waals surface area contributed by atoms with Crippen LogP contribution in [0.4, 0.5) is 5.82 Å². The predicted molar refractivity (Wildman–Crippen MR) is 146 cm³/mol. The molecule has 1 unspecified atom stereocenters. The molecule has 0 N–H and O–H groups in total. The number of hydrogen-bond acceptors (Lipinski definition) is 9. The highest BCUT2D eigenvalue weighted by molar-refractivity contribution is 8.26. The highest BCUT2D eigenvalue weighted by Crippen LogP contribution is 2.37. The van der Waals surface area contributed by atoms with Gasteiger partial charge in [0, 0.05) is 31.8 Å². The Morgan fingerprint density at radius 3 is 2.59 bits per heavy atom. The first-order valence-corrected chi connectivity index (χ1v) is 14.0. The van der Waals surface area contributed by atoms with Crippen LogP contribution >= 0.6 is 24.0 Å². The number of nitriles is 1. The van der Waals surface area contributed by atoms with E-state index in [1.807, 2.05) is 6.92 Å². The van der Waals surface area contributed by atoms with Crippen molar-refractivity contribution in [2.45, 2.75) is 59.1 Å². The van der Waals surface area contributed by atoms with Crippen molar-refractivity contribution in [3.63, 3.8) is 0 Å². The zero-order valence-electron chi connectivity index (χ0n) is 21.4. The molecular formula is C26H32N4O5S2. The second kappa shape index (κ2) is 11.8. The Morgan fingerprint density at radius 2 is 2.00 bits per heavy atom. The molecule has 1 aromatic heterocycles.